The lowest BCUT2D eigenvalue weighted by atomic mass is 9.99. The molecule has 0 aliphatic carbocycles. The van der Waals surface area contributed by atoms with Crippen LogP contribution in [0.2, 0.25) is 0 Å². The van der Waals surface area contributed by atoms with Gasteiger partial charge in [-0.3, -0.25) is 4.79 Å². The van der Waals surface area contributed by atoms with Crippen molar-refractivity contribution >= 4 is 17.9 Å². The maximum absolute atomic E-state index is 10.7. The Labute approximate surface area is 100 Å². The highest BCUT2D eigenvalue weighted by molar-refractivity contribution is 6.24. The summed E-state index contributed by atoms with van der Waals surface area (Å²) in [4.78, 5) is 14.9. The van der Waals surface area contributed by atoms with Gasteiger partial charge in [-0.2, -0.15) is 0 Å². The van der Waals surface area contributed by atoms with E-state index >= 15 is 0 Å². The summed E-state index contributed by atoms with van der Waals surface area (Å²) in [6.45, 7) is 3.02. The van der Waals surface area contributed by atoms with Crippen LogP contribution in [-0.4, -0.2) is 12.2 Å². The molecule has 0 fully saturated rings. The fourth-order valence-electron chi connectivity index (χ4n) is 2.02. The zero-order valence-electron chi connectivity index (χ0n) is 9.90. The van der Waals surface area contributed by atoms with E-state index in [4.69, 9.17) is 10.5 Å². The van der Waals surface area contributed by atoms with E-state index in [9.17, 15) is 4.79 Å². The van der Waals surface area contributed by atoms with Crippen molar-refractivity contribution in [3.05, 3.63) is 28.8 Å². The maximum atomic E-state index is 10.7. The molecular formula is C13H16N2O2. The number of fused-ring (bicyclic) bond motifs is 1. The lowest BCUT2D eigenvalue weighted by molar-refractivity contribution is -0.104. The number of aldehydes is 1. The molecule has 0 saturated heterocycles. The van der Waals surface area contributed by atoms with Crippen LogP contribution in [0.3, 0.4) is 0 Å². The first kappa shape index (κ1) is 11.8. The number of aliphatic imine (C=N–C) groups is 1. The Balaban J connectivity index is 2.51. The molecule has 0 bridgehead atoms. The number of nitrogens with two attached hydrogens (primary N) is 1. The number of hydrogen-bond donors (Lipinski definition) is 1. The molecule has 1 aromatic rings. The molecule has 2 rings (SSSR count). The summed E-state index contributed by atoms with van der Waals surface area (Å²) in [5, 5.41) is 0. The van der Waals surface area contributed by atoms with Gasteiger partial charge in [-0.1, -0.05) is 19.4 Å². The second-order valence-electron chi connectivity index (χ2n) is 4.07. The van der Waals surface area contributed by atoms with Crippen LogP contribution >= 0.6 is 0 Å². The van der Waals surface area contributed by atoms with Crippen LogP contribution < -0.4 is 5.73 Å². The smallest absolute Gasteiger partial charge is 0.255 e. The Morgan fingerprint density at radius 3 is 3.00 bits per heavy atom. The number of ether oxygens (including phenoxy) is 1. The number of carbonyl (C=O) groups excluding carboxylic acids is 1. The molecule has 0 atom stereocenters. The number of rotatable bonds is 4. The van der Waals surface area contributed by atoms with Crippen molar-refractivity contribution in [1.82, 2.24) is 0 Å². The summed E-state index contributed by atoms with van der Waals surface area (Å²) in [5.74, 6) is 0.162. The topological polar surface area (TPSA) is 64.7 Å². The zero-order chi connectivity index (χ0) is 12.3. The molecule has 1 aliphatic rings. The van der Waals surface area contributed by atoms with Gasteiger partial charge in [-0.25, -0.2) is 4.99 Å². The molecule has 4 heteroatoms. The molecule has 0 spiro atoms. The molecule has 2 N–H and O–H groups in total. The lowest BCUT2D eigenvalue weighted by Crippen LogP contribution is -2.12. The maximum Gasteiger partial charge on any atom is 0.255 e. The van der Waals surface area contributed by atoms with Gasteiger partial charge < -0.3 is 10.5 Å². The van der Waals surface area contributed by atoms with E-state index in [0.717, 1.165) is 35.2 Å². The van der Waals surface area contributed by atoms with Crippen LogP contribution in [0.25, 0.3) is 0 Å². The minimum Gasteiger partial charge on any atom is -0.470 e. The quantitative estimate of drug-likeness (QED) is 0.806. The van der Waals surface area contributed by atoms with E-state index in [2.05, 4.69) is 18.0 Å². The average Bonchev–Trinajstić information content (AvgIpc) is 2.38. The van der Waals surface area contributed by atoms with E-state index in [1.165, 1.54) is 0 Å². The highest BCUT2D eigenvalue weighted by Gasteiger charge is 2.16. The number of nitrogens with zero attached hydrogens (tertiary/aromatic N) is 1. The predicted octanol–water partition coefficient (Wildman–Crippen LogP) is 1.86. The summed E-state index contributed by atoms with van der Waals surface area (Å²) in [6.07, 6.45) is 2.62. The number of carbonyl (C=O) groups is 1. The van der Waals surface area contributed by atoms with Gasteiger partial charge >= 0.3 is 0 Å². The molecule has 90 valence electrons. The molecule has 1 aliphatic heterocycles. The van der Waals surface area contributed by atoms with Gasteiger partial charge in [-0.15, -0.1) is 0 Å². The van der Waals surface area contributed by atoms with Gasteiger partial charge in [0.1, 0.15) is 6.61 Å². The lowest BCUT2D eigenvalue weighted by Gasteiger charge is -2.18. The van der Waals surface area contributed by atoms with Gasteiger partial charge in [0.25, 0.3) is 5.90 Å². The Morgan fingerprint density at radius 1 is 1.53 bits per heavy atom. The van der Waals surface area contributed by atoms with E-state index in [0.29, 0.717) is 19.4 Å². The first-order valence-corrected chi connectivity index (χ1v) is 5.80. The van der Waals surface area contributed by atoms with Gasteiger partial charge in [0, 0.05) is 12.1 Å². The number of benzene rings is 1. The van der Waals surface area contributed by atoms with Crippen molar-refractivity contribution in [1.29, 1.82) is 0 Å². The first-order chi connectivity index (χ1) is 8.28. The molecule has 0 unspecified atom stereocenters. The summed E-state index contributed by atoms with van der Waals surface area (Å²) in [6, 6.07) is 4.07. The van der Waals surface area contributed by atoms with Gasteiger partial charge in [0.15, 0.2) is 0 Å². The normalized spacial score (nSPS) is 13.6. The highest BCUT2D eigenvalue weighted by atomic mass is 16.5. The van der Waals surface area contributed by atoms with Gasteiger partial charge in [0.05, 0.1) is 5.69 Å². The van der Waals surface area contributed by atoms with Crippen LogP contribution in [0.1, 0.15) is 30.0 Å². The molecule has 1 heterocycles. The fourth-order valence-corrected chi connectivity index (χ4v) is 2.02. The van der Waals surface area contributed by atoms with Gasteiger partial charge in [0.2, 0.25) is 6.29 Å². The monoisotopic (exact) mass is 232 g/mol. The third-order valence-electron chi connectivity index (χ3n) is 2.78. The molecule has 0 saturated carbocycles. The molecule has 0 aromatic heterocycles. The second-order valence-corrected chi connectivity index (χ2v) is 4.07. The van der Waals surface area contributed by atoms with E-state index in [1.54, 1.807) is 0 Å². The van der Waals surface area contributed by atoms with Crippen LogP contribution in [0, 0.1) is 0 Å². The minimum absolute atomic E-state index is 0.162. The summed E-state index contributed by atoms with van der Waals surface area (Å²) in [5.41, 5.74) is 9.80. The third kappa shape index (κ3) is 2.36. The number of aryl methyl sites for hydroxylation is 1. The third-order valence-corrected chi connectivity index (χ3v) is 2.78. The molecule has 1 aromatic carbocycles. The van der Waals surface area contributed by atoms with Crippen molar-refractivity contribution in [2.24, 2.45) is 10.7 Å². The Morgan fingerprint density at radius 2 is 2.35 bits per heavy atom. The molecule has 4 nitrogen and oxygen atoms in total. The zero-order valence-corrected chi connectivity index (χ0v) is 9.90. The standard InChI is InChI=1S/C13H16N2O2/c1-2-3-10-4-9(6-14)5-11-8-17-12(7-16)15-13(10)11/h4-5,7H,2-3,6,8,14H2,1H3. The van der Waals surface area contributed by atoms with E-state index in [-0.39, 0.29) is 5.90 Å². The molecule has 0 amide bonds. The highest BCUT2D eigenvalue weighted by Crippen LogP contribution is 2.31. The summed E-state index contributed by atoms with van der Waals surface area (Å²) in [7, 11) is 0. The molecular weight excluding hydrogens is 216 g/mol. The Bertz CT molecular complexity index is 467. The fraction of sp³-hybridized carbons (Fsp3) is 0.385. The van der Waals surface area contributed by atoms with Crippen LogP contribution in [0.5, 0.6) is 0 Å². The average molecular weight is 232 g/mol. The minimum atomic E-state index is 0.162. The first-order valence-electron chi connectivity index (χ1n) is 5.80. The molecule has 0 radical (unpaired) electrons. The predicted molar refractivity (Wildman–Crippen MR) is 66.3 cm³/mol. The van der Waals surface area contributed by atoms with Crippen molar-refractivity contribution in [3.8, 4) is 0 Å². The van der Waals surface area contributed by atoms with Crippen LogP contribution in [-0.2, 0) is 29.1 Å². The van der Waals surface area contributed by atoms with Crippen molar-refractivity contribution in [2.75, 3.05) is 0 Å². The number of hydrogen-bond acceptors (Lipinski definition) is 4. The largest absolute Gasteiger partial charge is 0.470 e. The van der Waals surface area contributed by atoms with Crippen molar-refractivity contribution in [2.45, 2.75) is 32.9 Å². The van der Waals surface area contributed by atoms with Crippen molar-refractivity contribution < 1.29 is 9.53 Å². The van der Waals surface area contributed by atoms with Crippen LogP contribution in [0.4, 0.5) is 5.69 Å². The van der Waals surface area contributed by atoms with Gasteiger partial charge in [-0.05, 0) is 23.6 Å². The summed E-state index contributed by atoms with van der Waals surface area (Å²) < 4.78 is 5.23. The second kappa shape index (κ2) is 5.10. The van der Waals surface area contributed by atoms with Crippen LogP contribution in [0.15, 0.2) is 17.1 Å². The SMILES string of the molecule is CCCc1cc(CN)cc2c1N=C(C=O)OC2. The van der Waals surface area contributed by atoms with Crippen molar-refractivity contribution in [3.63, 3.8) is 0 Å². The Hall–Kier alpha value is -1.68. The van der Waals surface area contributed by atoms with E-state index < -0.39 is 0 Å². The summed E-state index contributed by atoms with van der Waals surface area (Å²) >= 11 is 0. The molecule has 17 heavy (non-hydrogen) atoms. The van der Waals surface area contributed by atoms with E-state index in [1.807, 2.05) is 6.07 Å². The Kier molecular flexibility index (Phi) is 3.54.